The maximum Gasteiger partial charge on any atom is 0.416 e. The highest BCUT2D eigenvalue weighted by Crippen LogP contribution is 2.37. The number of aromatic nitrogens is 3. The van der Waals surface area contributed by atoms with Gasteiger partial charge in [-0.1, -0.05) is 11.8 Å². The second kappa shape index (κ2) is 9.93. The summed E-state index contributed by atoms with van der Waals surface area (Å²) in [5, 5.41) is 9.92. The van der Waals surface area contributed by atoms with E-state index in [4.69, 9.17) is 15.3 Å². The number of nitrogens with zero attached hydrogens (tertiary/aromatic N) is 3. The van der Waals surface area contributed by atoms with Crippen molar-refractivity contribution in [2.75, 3.05) is 31.1 Å². The Labute approximate surface area is 198 Å². The molecule has 3 aromatic rings. The summed E-state index contributed by atoms with van der Waals surface area (Å²) in [5.74, 6) is 5.77. The topological polar surface area (TPSA) is 104 Å². The fourth-order valence-electron chi connectivity index (χ4n) is 2.90. The predicted molar refractivity (Wildman–Crippen MR) is 115 cm³/mol. The summed E-state index contributed by atoms with van der Waals surface area (Å²) >= 11 is 0.779. The third kappa shape index (κ3) is 6.09. The van der Waals surface area contributed by atoms with Crippen LogP contribution in [0.2, 0.25) is 0 Å². The van der Waals surface area contributed by atoms with Crippen LogP contribution in [0.25, 0.3) is 11.4 Å². The lowest BCUT2D eigenvalue weighted by molar-refractivity contribution is -0.143. The lowest BCUT2D eigenvalue weighted by atomic mass is 10.1. The van der Waals surface area contributed by atoms with Crippen molar-refractivity contribution in [3.63, 3.8) is 0 Å². The van der Waals surface area contributed by atoms with E-state index in [9.17, 15) is 31.1 Å². The van der Waals surface area contributed by atoms with Gasteiger partial charge in [-0.25, -0.2) is 4.68 Å². The minimum absolute atomic E-state index is 0.0308. The Morgan fingerprint density at radius 2 is 1.57 bits per heavy atom. The third-order valence-electron chi connectivity index (χ3n) is 4.51. The highest BCUT2D eigenvalue weighted by Gasteiger charge is 2.37. The first-order valence-corrected chi connectivity index (χ1v) is 10.5. The Morgan fingerprint density at radius 3 is 2.11 bits per heavy atom. The highest BCUT2D eigenvalue weighted by atomic mass is 32.2. The molecule has 0 aliphatic heterocycles. The molecular formula is C20H17F6N5O3S. The van der Waals surface area contributed by atoms with E-state index in [1.54, 1.807) is 18.2 Å². The van der Waals surface area contributed by atoms with Crippen LogP contribution in [0.4, 0.5) is 32.0 Å². The first-order chi connectivity index (χ1) is 16.3. The van der Waals surface area contributed by atoms with Gasteiger partial charge in [-0.3, -0.25) is 4.79 Å². The molecule has 188 valence electrons. The summed E-state index contributed by atoms with van der Waals surface area (Å²) in [6.45, 7) is 0. The third-order valence-corrected chi connectivity index (χ3v) is 5.45. The Balaban J connectivity index is 1.74. The Bertz CT molecular complexity index is 1200. The zero-order valence-electron chi connectivity index (χ0n) is 18.0. The number of nitrogens with one attached hydrogen (secondary N) is 1. The molecule has 15 heteroatoms. The van der Waals surface area contributed by atoms with Crippen LogP contribution in [0.3, 0.4) is 0 Å². The van der Waals surface area contributed by atoms with Crippen molar-refractivity contribution in [2.45, 2.75) is 17.5 Å². The van der Waals surface area contributed by atoms with Crippen LogP contribution >= 0.6 is 11.8 Å². The van der Waals surface area contributed by atoms with E-state index >= 15 is 0 Å². The lowest BCUT2D eigenvalue weighted by Crippen LogP contribution is -2.18. The fourth-order valence-corrected chi connectivity index (χ4v) is 3.56. The number of thioether (sulfide) groups is 1. The molecule has 8 nitrogen and oxygen atoms in total. The zero-order valence-corrected chi connectivity index (χ0v) is 18.8. The van der Waals surface area contributed by atoms with Crippen LogP contribution < -0.4 is 20.6 Å². The SMILES string of the molecule is COc1ccc(-c2nnc(SCC(=O)Nc3cc(C(F)(F)F)cc(C(F)(F)F)c3)n2N)cc1OC. The summed E-state index contributed by atoms with van der Waals surface area (Å²) in [6, 6.07) is 5.65. The molecule has 2 aromatic carbocycles. The van der Waals surface area contributed by atoms with E-state index in [0.717, 1.165) is 16.4 Å². The summed E-state index contributed by atoms with van der Waals surface area (Å²) in [7, 11) is 2.91. The predicted octanol–water partition coefficient (Wildman–Crippen LogP) is 4.44. The number of amides is 1. The molecule has 3 N–H and O–H groups in total. The standard InChI is InChI=1S/C20H17F6N5O3S/c1-33-14-4-3-10(5-15(14)34-2)17-29-30-18(31(17)27)35-9-16(32)28-13-7-11(19(21,22)23)6-12(8-13)20(24,25)26/h3-8H,9,27H2,1-2H3,(H,28,32). The van der Waals surface area contributed by atoms with Crippen molar-refractivity contribution >= 4 is 23.4 Å². The molecule has 1 aromatic heterocycles. The van der Waals surface area contributed by atoms with Crippen LogP contribution in [0.5, 0.6) is 11.5 Å². The van der Waals surface area contributed by atoms with E-state index in [0.29, 0.717) is 29.2 Å². The molecule has 1 amide bonds. The second-order valence-electron chi connectivity index (χ2n) is 6.88. The van der Waals surface area contributed by atoms with Gasteiger partial charge in [0.25, 0.3) is 0 Å². The van der Waals surface area contributed by atoms with E-state index in [1.165, 1.54) is 14.2 Å². The fraction of sp³-hybridized carbons (Fsp3) is 0.250. The van der Waals surface area contributed by atoms with Crippen LogP contribution in [0.15, 0.2) is 41.6 Å². The van der Waals surface area contributed by atoms with Crippen molar-refractivity contribution < 1.29 is 40.6 Å². The molecule has 0 bridgehead atoms. The maximum absolute atomic E-state index is 13.0. The molecule has 0 saturated heterocycles. The van der Waals surface area contributed by atoms with Gasteiger partial charge in [0, 0.05) is 11.3 Å². The largest absolute Gasteiger partial charge is 0.493 e. The van der Waals surface area contributed by atoms with Gasteiger partial charge in [-0.2, -0.15) is 26.3 Å². The monoisotopic (exact) mass is 521 g/mol. The van der Waals surface area contributed by atoms with Gasteiger partial charge in [0.05, 0.1) is 31.1 Å². The molecule has 0 spiro atoms. The van der Waals surface area contributed by atoms with E-state index in [-0.39, 0.29) is 17.0 Å². The number of rotatable bonds is 7. The number of methoxy groups -OCH3 is 2. The molecule has 0 unspecified atom stereocenters. The van der Waals surface area contributed by atoms with Crippen LogP contribution in [-0.4, -0.2) is 40.8 Å². The van der Waals surface area contributed by atoms with E-state index in [2.05, 4.69) is 10.2 Å². The van der Waals surface area contributed by atoms with Crippen LogP contribution in [0.1, 0.15) is 11.1 Å². The summed E-state index contributed by atoms with van der Waals surface area (Å²) in [5.41, 5.74) is -3.23. The number of nitrogen functional groups attached to an aromatic ring is 1. The summed E-state index contributed by atoms with van der Waals surface area (Å²) in [6.07, 6.45) is -10.1. The second-order valence-corrected chi connectivity index (χ2v) is 7.82. The van der Waals surface area contributed by atoms with E-state index in [1.807, 2.05) is 5.32 Å². The van der Waals surface area contributed by atoms with Crippen molar-refractivity contribution in [3.05, 3.63) is 47.5 Å². The number of ether oxygens (including phenoxy) is 2. The maximum atomic E-state index is 13.0. The number of hydrogen-bond donors (Lipinski definition) is 2. The minimum atomic E-state index is -5.04. The van der Waals surface area contributed by atoms with Gasteiger partial charge >= 0.3 is 12.4 Å². The molecule has 35 heavy (non-hydrogen) atoms. The van der Waals surface area contributed by atoms with Crippen molar-refractivity contribution in [1.29, 1.82) is 0 Å². The normalized spacial score (nSPS) is 11.9. The number of nitrogens with two attached hydrogens (primary N) is 1. The smallest absolute Gasteiger partial charge is 0.416 e. The molecule has 0 atom stereocenters. The average Bonchev–Trinajstić information content (AvgIpc) is 3.16. The van der Waals surface area contributed by atoms with Crippen molar-refractivity contribution in [3.8, 4) is 22.9 Å². The molecule has 0 radical (unpaired) electrons. The Morgan fingerprint density at radius 1 is 0.971 bits per heavy atom. The molecular weight excluding hydrogens is 504 g/mol. The molecule has 1 heterocycles. The van der Waals surface area contributed by atoms with Gasteiger partial charge in [0.2, 0.25) is 11.1 Å². The number of benzene rings is 2. The highest BCUT2D eigenvalue weighted by molar-refractivity contribution is 7.99. The molecule has 0 saturated carbocycles. The van der Waals surface area contributed by atoms with Gasteiger partial charge in [0.1, 0.15) is 0 Å². The molecule has 0 fully saturated rings. The van der Waals surface area contributed by atoms with Crippen molar-refractivity contribution in [2.24, 2.45) is 0 Å². The van der Waals surface area contributed by atoms with Crippen LogP contribution in [-0.2, 0) is 17.1 Å². The summed E-state index contributed by atoms with van der Waals surface area (Å²) in [4.78, 5) is 12.2. The number of halogens is 6. The number of alkyl halides is 6. The number of anilines is 1. The Hall–Kier alpha value is -3.62. The number of carbonyl (C=O) groups excluding carboxylic acids is 1. The zero-order chi connectivity index (χ0) is 26.0. The van der Waals surface area contributed by atoms with Gasteiger partial charge in [0.15, 0.2) is 17.3 Å². The Kier molecular flexibility index (Phi) is 7.38. The lowest BCUT2D eigenvalue weighted by Gasteiger charge is -2.14. The van der Waals surface area contributed by atoms with Gasteiger partial charge < -0.3 is 20.6 Å². The van der Waals surface area contributed by atoms with Gasteiger partial charge in [-0.05, 0) is 36.4 Å². The first kappa shape index (κ1) is 26.0. The summed E-state index contributed by atoms with van der Waals surface area (Å²) < 4.78 is 89.4. The number of hydrogen-bond acceptors (Lipinski definition) is 7. The van der Waals surface area contributed by atoms with Gasteiger partial charge in [-0.15, -0.1) is 10.2 Å². The minimum Gasteiger partial charge on any atom is -0.493 e. The molecule has 3 rings (SSSR count). The molecule has 0 aliphatic rings. The average molecular weight is 521 g/mol. The van der Waals surface area contributed by atoms with Crippen LogP contribution in [0, 0.1) is 0 Å². The number of carbonyl (C=O) groups is 1. The quantitative estimate of drug-likeness (QED) is 0.269. The van der Waals surface area contributed by atoms with Crippen molar-refractivity contribution in [1.82, 2.24) is 14.9 Å². The first-order valence-electron chi connectivity index (χ1n) is 9.48. The molecule has 0 aliphatic carbocycles. The van der Waals surface area contributed by atoms with E-state index < -0.39 is 40.8 Å².